The highest BCUT2D eigenvalue weighted by Gasteiger charge is 2.31. The number of H-pyrrole nitrogens is 1. The quantitative estimate of drug-likeness (QED) is 0.549. The Bertz CT molecular complexity index is 1350. The van der Waals surface area contributed by atoms with Crippen molar-refractivity contribution in [2.24, 2.45) is 0 Å². The molecule has 0 bridgehead atoms. The molecule has 8 heteroatoms. The van der Waals surface area contributed by atoms with Crippen molar-refractivity contribution in [2.75, 3.05) is 20.7 Å². The van der Waals surface area contributed by atoms with E-state index >= 15 is 0 Å². The Labute approximate surface area is 178 Å². The zero-order valence-corrected chi connectivity index (χ0v) is 17.5. The number of methoxy groups -OCH3 is 1. The van der Waals surface area contributed by atoms with Gasteiger partial charge in [-0.25, -0.2) is 14.1 Å². The first-order valence-electron chi connectivity index (χ1n) is 10.0. The average molecular weight is 416 g/mol. The predicted octanol–water partition coefficient (Wildman–Crippen LogP) is 3.79. The first kappa shape index (κ1) is 19.3. The summed E-state index contributed by atoms with van der Waals surface area (Å²) in [6, 6.07) is 12.4. The second kappa shape index (κ2) is 7.22. The Morgan fingerprint density at radius 1 is 1.23 bits per heavy atom. The van der Waals surface area contributed by atoms with Crippen molar-refractivity contribution in [3.05, 3.63) is 64.7 Å². The lowest BCUT2D eigenvalue weighted by Crippen LogP contribution is -2.36. The van der Waals surface area contributed by atoms with Gasteiger partial charge in [-0.1, -0.05) is 6.07 Å². The molecule has 7 nitrogen and oxygen atoms in total. The van der Waals surface area contributed by atoms with E-state index in [9.17, 15) is 9.65 Å². The van der Waals surface area contributed by atoms with Gasteiger partial charge in [0.2, 0.25) is 0 Å². The molecule has 1 atom stereocenters. The summed E-state index contributed by atoms with van der Waals surface area (Å²) in [6.45, 7) is 3.44. The van der Waals surface area contributed by atoms with Crippen molar-refractivity contribution in [1.82, 2.24) is 24.6 Å². The molecule has 1 unspecified atom stereocenters. The third-order valence-electron chi connectivity index (χ3n) is 5.90. The number of ether oxygens (including phenoxy) is 1. The van der Waals surface area contributed by atoms with Crippen LogP contribution in [0, 0.1) is 24.1 Å². The number of nitrogens with one attached hydrogen (secondary N) is 1. The maximum atomic E-state index is 13.7. The summed E-state index contributed by atoms with van der Waals surface area (Å²) >= 11 is 0. The summed E-state index contributed by atoms with van der Waals surface area (Å²) in [4.78, 5) is 10.4. The van der Waals surface area contributed by atoms with E-state index in [1.54, 1.807) is 19.2 Å². The lowest BCUT2D eigenvalue weighted by Gasteiger charge is -2.33. The number of hydrogen-bond donors (Lipinski definition) is 1. The van der Waals surface area contributed by atoms with Crippen molar-refractivity contribution < 1.29 is 9.13 Å². The first-order chi connectivity index (χ1) is 15.0. The van der Waals surface area contributed by atoms with Crippen molar-refractivity contribution in [2.45, 2.75) is 19.5 Å². The molecule has 4 aromatic rings. The average Bonchev–Trinajstić information content (AvgIpc) is 3.37. The highest BCUT2D eigenvalue weighted by Crippen LogP contribution is 2.35. The summed E-state index contributed by atoms with van der Waals surface area (Å²) in [7, 11) is 3.60. The largest absolute Gasteiger partial charge is 0.495 e. The molecule has 1 aliphatic heterocycles. The molecule has 31 heavy (non-hydrogen) atoms. The van der Waals surface area contributed by atoms with Gasteiger partial charge >= 0.3 is 0 Å². The minimum Gasteiger partial charge on any atom is -0.495 e. The Morgan fingerprint density at radius 2 is 2.06 bits per heavy atom. The number of rotatable bonds is 3. The zero-order valence-electron chi connectivity index (χ0n) is 17.5. The van der Waals surface area contributed by atoms with Crippen LogP contribution in [0.2, 0.25) is 0 Å². The van der Waals surface area contributed by atoms with Crippen LogP contribution in [0.1, 0.15) is 28.6 Å². The number of halogens is 1. The monoisotopic (exact) mass is 416 g/mol. The van der Waals surface area contributed by atoms with Crippen LogP contribution >= 0.6 is 0 Å². The van der Waals surface area contributed by atoms with E-state index in [-0.39, 0.29) is 11.9 Å². The van der Waals surface area contributed by atoms with E-state index in [0.717, 1.165) is 46.6 Å². The molecular formula is C23H21FN6O. The Balaban J connectivity index is 1.62. The number of aryl methyl sites for hydroxylation is 1. The number of likely N-dealkylation sites (N-methyl/N-ethyl adjacent to an activating group) is 1. The van der Waals surface area contributed by atoms with Gasteiger partial charge in [0.1, 0.15) is 23.5 Å². The van der Waals surface area contributed by atoms with Gasteiger partial charge in [0.05, 0.1) is 31.0 Å². The predicted molar refractivity (Wildman–Crippen MR) is 114 cm³/mol. The minimum absolute atomic E-state index is 0.111. The van der Waals surface area contributed by atoms with Crippen LogP contribution in [-0.2, 0) is 6.54 Å². The molecule has 1 aliphatic rings. The van der Waals surface area contributed by atoms with Crippen molar-refractivity contribution in [1.29, 1.82) is 5.26 Å². The Hall–Kier alpha value is -3.70. The van der Waals surface area contributed by atoms with Gasteiger partial charge in [-0.2, -0.15) is 5.26 Å². The summed E-state index contributed by atoms with van der Waals surface area (Å²) in [6.07, 6.45) is 0. The van der Waals surface area contributed by atoms with Gasteiger partial charge in [0.15, 0.2) is 5.82 Å². The third-order valence-corrected chi connectivity index (χ3v) is 5.90. The third kappa shape index (κ3) is 3.05. The van der Waals surface area contributed by atoms with Crippen LogP contribution in [0.25, 0.3) is 22.4 Å². The SMILES string of the molecule is COc1c(C#N)ccc2[nH]c(-c3nc4n(n3)CCN(C)C4c3ccc(F)cc3C)cc12. The number of hydrogen-bond acceptors (Lipinski definition) is 5. The smallest absolute Gasteiger partial charge is 0.197 e. The van der Waals surface area contributed by atoms with Crippen LogP contribution in [-0.4, -0.2) is 45.4 Å². The summed E-state index contributed by atoms with van der Waals surface area (Å²) in [5, 5.41) is 14.9. The van der Waals surface area contributed by atoms with E-state index in [2.05, 4.69) is 16.0 Å². The minimum atomic E-state index is -0.245. The fraction of sp³-hybridized carbons (Fsp3) is 0.261. The molecule has 2 aromatic heterocycles. The van der Waals surface area contributed by atoms with Crippen molar-refractivity contribution in [3.8, 4) is 23.3 Å². The van der Waals surface area contributed by atoms with Crippen molar-refractivity contribution in [3.63, 3.8) is 0 Å². The van der Waals surface area contributed by atoms with Crippen LogP contribution in [0.3, 0.4) is 0 Å². The molecule has 5 rings (SSSR count). The van der Waals surface area contributed by atoms with Crippen molar-refractivity contribution >= 4 is 10.9 Å². The molecular weight excluding hydrogens is 395 g/mol. The number of fused-ring (bicyclic) bond motifs is 2. The van der Waals surface area contributed by atoms with Crippen LogP contribution in [0.15, 0.2) is 36.4 Å². The second-order valence-electron chi connectivity index (χ2n) is 7.80. The molecule has 0 saturated carbocycles. The van der Waals surface area contributed by atoms with E-state index in [0.29, 0.717) is 17.1 Å². The number of benzene rings is 2. The number of nitriles is 1. The molecule has 0 spiro atoms. The summed E-state index contributed by atoms with van der Waals surface area (Å²) < 4.78 is 21.1. The topological polar surface area (TPSA) is 82.8 Å². The molecule has 156 valence electrons. The summed E-state index contributed by atoms with van der Waals surface area (Å²) in [5.41, 5.74) is 3.98. The van der Waals surface area contributed by atoms with Gasteiger partial charge < -0.3 is 9.72 Å². The molecule has 0 radical (unpaired) electrons. The van der Waals surface area contributed by atoms with E-state index in [1.165, 1.54) is 6.07 Å². The number of nitrogens with zero attached hydrogens (tertiary/aromatic N) is 5. The molecule has 2 aromatic carbocycles. The highest BCUT2D eigenvalue weighted by molar-refractivity contribution is 5.92. The standard InChI is InChI=1S/C23H21FN6O/c1-13-10-15(24)5-6-16(13)20-23-27-22(28-30(23)9-8-29(20)2)19-11-17-18(26-19)7-4-14(12-25)21(17)31-3/h4-7,10-11,20,26H,8-9H2,1-3H3. The van der Waals surface area contributed by atoms with Gasteiger partial charge in [-0.05, 0) is 55.4 Å². The van der Waals surface area contributed by atoms with Gasteiger partial charge in [0.25, 0.3) is 0 Å². The molecule has 1 N–H and O–H groups in total. The molecule has 0 aliphatic carbocycles. The Kier molecular flexibility index (Phi) is 4.49. The zero-order chi connectivity index (χ0) is 21.7. The van der Waals surface area contributed by atoms with Gasteiger partial charge in [0, 0.05) is 17.4 Å². The number of aromatic amines is 1. The fourth-order valence-corrected chi connectivity index (χ4v) is 4.34. The van der Waals surface area contributed by atoms with Crippen LogP contribution in [0.4, 0.5) is 4.39 Å². The lowest BCUT2D eigenvalue weighted by molar-refractivity contribution is 0.212. The highest BCUT2D eigenvalue weighted by atomic mass is 19.1. The lowest BCUT2D eigenvalue weighted by atomic mass is 9.98. The normalized spacial score (nSPS) is 16.3. The molecule has 0 amide bonds. The van der Waals surface area contributed by atoms with E-state index in [1.807, 2.05) is 36.9 Å². The maximum absolute atomic E-state index is 13.7. The fourth-order valence-electron chi connectivity index (χ4n) is 4.34. The Morgan fingerprint density at radius 3 is 2.81 bits per heavy atom. The van der Waals surface area contributed by atoms with Crippen LogP contribution < -0.4 is 4.74 Å². The number of aromatic nitrogens is 4. The summed E-state index contributed by atoms with van der Waals surface area (Å²) in [5.74, 6) is 1.69. The maximum Gasteiger partial charge on any atom is 0.197 e. The molecule has 0 fully saturated rings. The van der Waals surface area contributed by atoms with Gasteiger partial charge in [-0.3, -0.25) is 4.90 Å². The van der Waals surface area contributed by atoms with Crippen LogP contribution in [0.5, 0.6) is 5.75 Å². The molecule has 3 heterocycles. The van der Waals surface area contributed by atoms with E-state index < -0.39 is 0 Å². The van der Waals surface area contributed by atoms with E-state index in [4.69, 9.17) is 14.8 Å². The van der Waals surface area contributed by atoms with Gasteiger partial charge in [-0.15, -0.1) is 5.10 Å². The first-order valence-corrected chi connectivity index (χ1v) is 10.0. The second-order valence-corrected chi connectivity index (χ2v) is 7.80. The molecule has 0 saturated heterocycles.